The fourth-order valence-corrected chi connectivity index (χ4v) is 0. The molecule has 0 fully saturated rings. The van der Waals surface area contributed by atoms with Gasteiger partial charge in [-0.05, 0) is 6.92 Å². The molecule has 0 spiro atoms. The average molecular weight is 164 g/mol. The third-order valence-corrected chi connectivity index (χ3v) is 1.32. The molecule has 0 atom stereocenters. The van der Waals surface area contributed by atoms with Gasteiger partial charge >= 0.3 is 37.7 Å². The molecule has 8 heavy (non-hydrogen) atoms. The van der Waals surface area contributed by atoms with E-state index in [2.05, 4.69) is 6.58 Å². The van der Waals surface area contributed by atoms with Crippen molar-refractivity contribution in [2.24, 2.45) is 0 Å². The van der Waals surface area contributed by atoms with Crippen LogP contribution in [0.15, 0.2) is 11.5 Å². The Morgan fingerprint density at radius 3 is 1.75 bits per heavy atom. The normalized spacial score (nSPS) is 9.75. The van der Waals surface area contributed by atoms with Crippen molar-refractivity contribution in [3.8, 4) is 0 Å². The van der Waals surface area contributed by atoms with Crippen molar-refractivity contribution in [3.63, 3.8) is 0 Å². The molecular weight excluding hydrogens is 156 g/mol. The SMILES string of the molecule is C=C(C)S(=O)(=O)O.[CaH2]. The van der Waals surface area contributed by atoms with E-state index in [1.165, 1.54) is 6.92 Å². The van der Waals surface area contributed by atoms with Crippen LogP contribution in [0.4, 0.5) is 0 Å². The molecule has 46 valence electrons. The molecule has 0 amide bonds. The summed E-state index contributed by atoms with van der Waals surface area (Å²) in [5, 5.41) is 0. The van der Waals surface area contributed by atoms with Crippen molar-refractivity contribution in [2.45, 2.75) is 6.92 Å². The Hall–Kier alpha value is 0.910. The predicted octanol–water partition coefficient (Wildman–Crippen LogP) is -0.508. The number of allylic oxidation sites excluding steroid dienone is 1. The van der Waals surface area contributed by atoms with Crippen molar-refractivity contribution >= 4 is 47.9 Å². The van der Waals surface area contributed by atoms with Gasteiger partial charge in [0.15, 0.2) is 0 Å². The Morgan fingerprint density at radius 1 is 1.62 bits per heavy atom. The molecule has 0 radical (unpaired) electrons. The van der Waals surface area contributed by atoms with Gasteiger partial charge in [-0.15, -0.1) is 0 Å². The Bertz CT molecular complexity index is 169. The molecule has 0 saturated heterocycles. The second kappa shape index (κ2) is 3.85. The first-order chi connectivity index (χ1) is 2.94. The summed E-state index contributed by atoms with van der Waals surface area (Å²) in [5.74, 6) is 0. The fraction of sp³-hybridized carbons (Fsp3) is 0.333. The molecule has 5 heteroatoms. The van der Waals surface area contributed by atoms with Gasteiger partial charge in [0.25, 0.3) is 10.1 Å². The van der Waals surface area contributed by atoms with Crippen molar-refractivity contribution in [1.82, 2.24) is 0 Å². The van der Waals surface area contributed by atoms with Gasteiger partial charge in [0, 0.05) is 0 Å². The van der Waals surface area contributed by atoms with Crippen LogP contribution in [-0.2, 0) is 10.1 Å². The fourth-order valence-electron chi connectivity index (χ4n) is 0. The first-order valence-corrected chi connectivity index (χ1v) is 3.01. The maximum atomic E-state index is 9.79. The van der Waals surface area contributed by atoms with Gasteiger partial charge in [0.2, 0.25) is 0 Å². The van der Waals surface area contributed by atoms with E-state index in [1.807, 2.05) is 0 Å². The number of hydrogen-bond donors (Lipinski definition) is 1. The summed E-state index contributed by atoms with van der Waals surface area (Å²) in [7, 11) is -3.94. The van der Waals surface area contributed by atoms with E-state index in [-0.39, 0.29) is 42.6 Å². The molecule has 0 unspecified atom stereocenters. The summed E-state index contributed by atoms with van der Waals surface area (Å²) in [6, 6.07) is 0. The Morgan fingerprint density at radius 2 is 1.75 bits per heavy atom. The van der Waals surface area contributed by atoms with Crippen LogP contribution in [0, 0.1) is 0 Å². The van der Waals surface area contributed by atoms with Crippen LogP contribution >= 0.6 is 0 Å². The summed E-state index contributed by atoms with van der Waals surface area (Å²) in [6.07, 6.45) is 0. The van der Waals surface area contributed by atoms with E-state index >= 15 is 0 Å². The van der Waals surface area contributed by atoms with Crippen molar-refractivity contribution < 1.29 is 13.0 Å². The van der Waals surface area contributed by atoms with Crippen LogP contribution < -0.4 is 0 Å². The Kier molecular flexibility index (Phi) is 5.61. The third kappa shape index (κ3) is 5.05. The second-order valence-electron chi connectivity index (χ2n) is 1.18. The zero-order valence-electron chi connectivity index (χ0n) is 3.88. The third-order valence-electron chi connectivity index (χ3n) is 0.440. The van der Waals surface area contributed by atoms with Crippen LogP contribution in [0.25, 0.3) is 0 Å². The molecule has 0 aliphatic heterocycles. The van der Waals surface area contributed by atoms with Gasteiger partial charge in [-0.1, -0.05) is 6.58 Å². The van der Waals surface area contributed by atoms with Crippen LogP contribution in [-0.4, -0.2) is 50.7 Å². The van der Waals surface area contributed by atoms with Crippen LogP contribution in [0.3, 0.4) is 0 Å². The first-order valence-electron chi connectivity index (χ1n) is 1.57. The second-order valence-corrected chi connectivity index (χ2v) is 2.82. The van der Waals surface area contributed by atoms with Gasteiger partial charge in [-0.2, -0.15) is 8.42 Å². The quantitative estimate of drug-likeness (QED) is 0.419. The molecule has 0 aliphatic rings. The minimum atomic E-state index is -3.94. The molecule has 1 N–H and O–H groups in total. The number of rotatable bonds is 1. The van der Waals surface area contributed by atoms with Crippen LogP contribution in [0.2, 0.25) is 0 Å². The molecule has 0 saturated carbocycles. The van der Waals surface area contributed by atoms with Crippen molar-refractivity contribution in [2.75, 3.05) is 0 Å². The molecule has 3 nitrogen and oxygen atoms in total. The standard InChI is InChI=1S/C3H6O3S.Ca.2H/c1-3(2)7(4,5)6;;;/h1H2,2H3,(H,4,5,6);;;. The minimum absolute atomic E-state index is 0. The Labute approximate surface area is 78.5 Å². The summed E-state index contributed by atoms with van der Waals surface area (Å²) in [5.41, 5.74) is 0. The predicted molar refractivity (Wildman–Crippen MR) is 34.9 cm³/mol. The molecule has 0 bridgehead atoms. The first kappa shape index (κ1) is 11.7. The van der Waals surface area contributed by atoms with E-state index in [4.69, 9.17) is 4.55 Å². The van der Waals surface area contributed by atoms with Crippen LogP contribution in [0.5, 0.6) is 0 Å². The maximum absolute atomic E-state index is 9.79. The van der Waals surface area contributed by atoms with E-state index in [0.29, 0.717) is 0 Å². The molecule has 0 aromatic heterocycles. The topological polar surface area (TPSA) is 54.4 Å². The van der Waals surface area contributed by atoms with Crippen LogP contribution in [0.1, 0.15) is 6.92 Å². The summed E-state index contributed by atoms with van der Waals surface area (Å²) < 4.78 is 27.5. The summed E-state index contributed by atoms with van der Waals surface area (Å²) >= 11 is 0. The molecule has 0 rings (SSSR count). The van der Waals surface area contributed by atoms with Crippen molar-refractivity contribution in [1.29, 1.82) is 0 Å². The molecule has 0 aromatic carbocycles. The zero-order valence-corrected chi connectivity index (χ0v) is 4.70. The summed E-state index contributed by atoms with van der Waals surface area (Å²) in [6.45, 7) is 4.21. The molecule has 0 aliphatic carbocycles. The van der Waals surface area contributed by atoms with E-state index in [9.17, 15) is 8.42 Å². The molecule has 0 heterocycles. The summed E-state index contributed by atoms with van der Waals surface area (Å²) in [4.78, 5) is -0.229. The van der Waals surface area contributed by atoms with Gasteiger partial charge < -0.3 is 0 Å². The Balaban J connectivity index is 0. The van der Waals surface area contributed by atoms with Gasteiger partial charge in [0.1, 0.15) is 0 Å². The number of hydrogen-bond acceptors (Lipinski definition) is 2. The average Bonchev–Trinajstić information content (AvgIpc) is 1.31. The zero-order chi connectivity index (χ0) is 6.08. The molecule has 0 aromatic rings. The van der Waals surface area contributed by atoms with Gasteiger partial charge in [-0.25, -0.2) is 0 Å². The van der Waals surface area contributed by atoms with E-state index < -0.39 is 10.1 Å². The van der Waals surface area contributed by atoms with Crippen molar-refractivity contribution in [3.05, 3.63) is 11.5 Å². The molecular formula is C3H8CaO3S. The monoisotopic (exact) mass is 164 g/mol. The van der Waals surface area contributed by atoms with Gasteiger partial charge in [0.05, 0.1) is 4.91 Å². The van der Waals surface area contributed by atoms with E-state index in [1.54, 1.807) is 0 Å². The van der Waals surface area contributed by atoms with Gasteiger partial charge in [-0.3, -0.25) is 4.55 Å². The van der Waals surface area contributed by atoms with E-state index in [0.717, 1.165) is 0 Å².